The molecule has 0 N–H and O–H groups in total. The van der Waals surface area contributed by atoms with Crippen molar-refractivity contribution in [1.82, 2.24) is 4.90 Å². The number of halogens is 2. The van der Waals surface area contributed by atoms with Gasteiger partial charge in [0.2, 0.25) is 0 Å². The van der Waals surface area contributed by atoms with E-state index < -0.39 is 0 Å². The molecule has 0 unspecified atom stereocenters. The van der Waals surface area contributed by atoms with Crippen LogP contribution in [0.4, 0.5) is 0 Å². The van der Waals surface area contributed by atoms with E-state index in [4.69, 9.17) is 11.6 Å². The third kappa shape index (κ3) is 8.52. The van der Waals surface area contributed by atoms with Crippen molar-refractivity contribution in [3.05, 3.63) is 11.4 Å². The van der Waals surface area contributed by atoms with Gasteiger partial charge in [0, 0.05) is 19.6 Å². The Bertz CT molecular complexity index is 86.6. The van der Waals surface area contributed by atoms with E-state index in [0.717, 1.165) is 5.54 Å². The molecule has 0 aliphatic heterocycles. The second-order valence-electron chi connectivity index (χ2n) is 1.34. The van der Waals surface area contributed by atoms with Crippen LogP contribution >= 0.6 is 24.0 Å². The molecule has 0 bridgehead atoms. The van der Waals surface area contributed by atoms with Gasteiger partial charge in [-0.05, 0) is 5.88 Å². The van der Waals surface area contributed by atoms with E-state index >= 15 is 0 Å². The van der Waals surface area contributed by atoms with Gasteiger partial charge in [-0.1, -0.05) is 11.6 Å². The SMILES string of the molecule is CN(C)/C([O-])=C/Cl.Cl.[Li+]. The van der Waals surface area contributed by atoms with Gasteiger partial charge in [-0.3, -0.25) is 0 Å². The predicted octanol–water partition coefficient (Wildman–Crippen LogP) is -2.63. The number of hydrogen-bond acceptors (Lipinski definition) is 2. The first kappa shape index (κ1) is 16.3. The van der Waals surface area contributed by atoms with Crippen molar-refractivity contribution in [2.45, 2.75) is 0 Å². The van der Waals surface area contributed by atoms with E-state index in [1.54, 1.807) is 14.1 Å². The maximum Gasteiger partial charge on any atom is 1.00 e. The zero-order chi connectivity index (χ0) is 5.86. The summed E-state index contributed by atoms with van der Waals surface area (Å²) in [6.07, 6.45) is 0. The van der Waals surface area contributed by atoms with Crippen LogP contribution < -0.4 is 24.0 Å². The monoisotopic (exact) mass is 163 g/mol. The van der Waals surface area contributed by atoms with Crippen LogP contribution in [0, 0.1) is 0 Å². The summed E-state index contributed by atoms with van der Waals surface area (Å²) < 4.78 is 0. The quantitative estimate of drug-likeness (QED) is 0.313. The van der Waals surface area contributed by atoms with Crippen LogP contribution in [0.1, 0.15) is 0 Å². The first-order valence-corrected chi connectivity index (χ1v) is 2.27. The van der Waals surface area contributed by atoms with Crippen LogP contribution in [0.2, 0.25) is 0 Å². The molecule has 0 radical (unpaired) electrons. The van der Waals surface area contributed by atoms with Crippen molar-refractivity contribution < 1.29 is 24.0 Å². The fraction of sp³-hybridized carbons (Fsp3) is 0.500. The van der Waals surface area contributed by atoms with Crippen LogP contribution in [0.25, 0.3) is 0 Å². The van der Waals surface area contributed by atoms with Gasteiger partial charge < -0.3 is 10.0 Å². The van der Waals surface area contributed by atoms with Gasteiger partial charge in [-0.2, -0.15) is 0 Å². The van der Waals surface area contributed by atoms with Crippen LogP contribution in [0.3, 0.4) is 0 Å². The molecule has 50 valence electrons. The van der Waals surface area contributed by atoms with E-state index in [1.807, 2.05) is 0 Å². The number of hydrogen-bond donors (Lipinski definition) is 0. The summed E-state index contributed by atoms with van der Waals surface area (Å²) in [6.45, 7) is 0. The molecule has 0 fully saturated rings. The zero-order valence-electron chi connectivity index (χ0n) is 5.72. The average molecular weight is 164 g/mol. The molecule has 5 heteroatoms. The summed E-state index contributed by atoms with van der Waals surface area (Å²) in [6, 6.07) is 0. The molecule has 0 aromatic heterocycles. The molecule has 0 spiro atoms. The van der Waals surface area contributed by atoms with E-state index in [9.17, 15) is 5.11 Å². The topological polar surface area (TPSA) is 26.3 Å². The van der Waals surface area contributed by atoms with E-state index in [-0.39, 0.29) is 37.2 Å². The Morgan fingerprint density at radius 3 is 1.89 bits per heavy atom. The molecule has 0 atom stereocenters. The molecule has 0 saturated heterocycles. The fourth-order valence-electron chi connectivity index (χ4n) is 0.0976. The molecule has 0 aromatic rings. The van der Waals surface area contributed by atoms with Crippen molar-refractivity contribution in [2.75, 3.05) is 14.1 Å². The summed E-state index contributed by atoms with van der Waals surface area (Å²) in [5.41, 5.74) is 1.00. The van der Waals surface area contributed by atoms with Crippen molar-refractivity contribution in [3.8, 4) is 0 Å². The minimum Gasteiger partial charge on any atom is -0.860 e. The van der Waals surface area contributed by atoms with Crippen molar-refractivity contribution in [2.24, 2.45) is 0 Å². The summed E-state index contributed by atoms with van der Waals surface area (Å²) >= 11 is 5.03. The second kappa shape index (κ2) is 8.52. The summed E-state index contributed by atoms with van der Waals surface area (Å²) in [5.74, 6) is -0.179. The van der Waals surface area contributed by atoms with Gasteiger partial charge in [0.25, 0.3) is 0 Å². The molecule has 0 aliphatic rings. The van der Waals surface area contributed by atoms with Gasteiger partial charge in [-0.15, -0.1) is 12.4 Å². The average Bonchev–Trinajstić information content (AvgIpc) is 1.65. The molecule has 0 saturated carbocycles. The second-order valence-corrected chi connectivity index (χ2v) is 1.56. The summed E-state index contributed by atoms with van der Waals surface area (Å²) in [5, 5.41) is 10.2. The van der Waals surface area contributed by atoms with Crippen molar-refractivity contribution in [3.63, 3.8) is 0 Å². The number of nitrogens with zero attached hydrogens (tertiary/aromatic N) is 1. The normalized spacial score (nSPS) is 9.00. The maximum atomic E-state index is 10.2. The summed E-state index contributed by atoms with van der Waals surface area (Å²) in [4.78, 5) is 1.40. The molecule has 0 aliphatic carbocycles. The minimum atomic E-state index is -0.179. The third-order valence-corrected chi connectivity index (χ3v) is 0.721. The molecule has 0 amide bonds. The van der Waals surface area contributed by atoms with Crippen molar-refractivity contribution in [1.29, 1.82) is 0 Å². The molecule has 0 heterocycles. The Morgan fingerprint density at radius 2 is 1.89 bits per heavy atom. The van der Waals surface area contributed by atoms with Crippen LogP contribution in [0.15, 0.2) is 11.4 Å². The molecule has 9 heavy (non-hydrogen) atoms. The van der Waals surface area contributed by atoms with Gasteiger partial charge in [0.1, 0.15) is 0 Å². The van der Waals surface area contributed by atoms with Gasteiger partial charge in [-0.25, -0.2) is 0 Å². The van der Waals surface area contributed by atoms with Crippen molar-refractivity contribution >= 4 is 24.0 Å². The van der Waals surface area contributed by atoms with Crippen LogP contribution in [-0.2, 0) is 0 Å². The smallest absolute Gasteiger partial charge is 0.860 e. The first-order chi connectivity index (χ1) is 3.18. The Balaban J connectivity index is -0.000000180. The predicted molar refractivity (Wildman–Crippen MR) is 34.9 cm³/mol. The Hall–Kier alpha value is 0.517. The van der Waals surface area contributed by atoms with E-state index in [2.05, 4.69) is 0 Å². The van der Waals surface area contributed by atoms with Crippen LogP contribution in [0.5, 0.6) is 0 Å². The maximum absolute atomic E-state index is 10.2. The molecule has 0 aromatic carbocycles. The van der Waals surface area contributed by atoms with Crippen LogP contribution in [-0.4, -0.2) is 19.0 Å². The van der Waals surface area contributed by atoms with E-state index in [1.165, 1.54) is 4.90 Å². The van der Waals surface area contributed by atoms with Gasteiger partial charge in [0.05, 0.1) is 0 Å². The molecular weight excluding hydrogens is 156 g/mol. The van der Waals surface area contributed by atoms with E-state index in [0.29, 0.717) is 0 Å². The first-order valence-electron chi connectivity index (χ1n) is 1.83. The molecule has 0 rings (SSSR count). The largest absolute Gasteiger partial charge is 1.00 e. The Labute approximate surface area is 78.5 Å². The third-order valence-electron chi connectivity index (χ3n) is 0.534. The summed E-state index contributed by atoms with van der Waals surface area (Å²) in [7, 11) is 3.28. The standard InChI is InChI=1S/C4H8ClNO.ClH.Li/c1-6(2)4(7)3-5;;/h3,7H,1-2H3;1H;/q;;+1/p-1/b4-3-;;. The zero-order valence-corrected chi connectivity index (χ0v) is 7.29. The Morgan fingerprint density at radius 1 is 1.56 bits per heavy atom. The minimum absolute atomic E-state index is 0. The van der Waals surface area contributed by atoms with Gasteiger partial charge >= 0.3 is 18.9 Å². The fourth-order valence-corrected chi connectivity index (χ4v) is 0.293. The Kier molecular flexibility index (Phi) is 15.4. The molecular formula is C4H8Cl2LiNO. The van der Waals surface area contributed by atoms with Gasteiger partial charge in [0.15, 0.2) is 0 Å². The molecule has 2 nitrogen and oxygen atoms in total. The number of rotatable bonds is 1.